The molecule has 0 saturated heterocycles. The number of aryl methyl sites for hydroxylation is 2. The number of hydrogen-bond acceptors (Lipinski definition) is 3. The van der Waals surface area contributed by atoms with Gasteiger partial charge in [-0.1, -0.05) is 45.0 Å². The molecule has 0 atom stereocenters. The summed E-state index contributed by atoms with van der Waals surface area (Å²) in [5.41, 5.74) is 3.76. The molecule has 26 heavy (non-hydrogen) atoms. The minimum atomic E-state index is -3.54. The van der Waals surface area contributed by atoms with Gasteiger partial charge in [-0.3, -0.25) is 0 Å². The predicted octanol–water partition coefficient (Wildman–Crippen LogP) is 4.13. The highest BCUT2D eigenvalue weighted by Crippen LogP contribution is 2.29. The zero-order chi connectivity index (χ0) is 19.5. The van der Waals surface area contributed by atoms with Crippen LogP contribution in [-0.4, -0.2) is 22.1 Å². The molecule has 1 N–H and O–H groups in total. The minimum absolute atomic E-state index is 0.0143. The maximum Gasteiger partial charge on any atom is 0.241 e. The Morgan fingerprint density at radius 1 is 1.00 bits per heavy atom. The summed E-state index contributed by atoms with van der Waals surface area (Å²) in [6.07, 6.45) is 0.626. The van der Waals surface area contributed by atoms with E-state index >= 15 is 0 Å². The van der Waals surface area contributed by atoms with Crippen molar-refractivity contribution in [3.8, 4) is 5.75 Å². The fraction of sp³-hybridized carbons (Fsp3) is 0.429. The normalized spacial score (nSPS) is 12.2. The summed E-state index contributed by atoms with van der Waals surface area (Å²) in [6, 6.07) is 11.6. The Morgan fingerprint density at radius 3 is 2.00 bits per heavy atom. The van der Waals surface area contributed by atoms with E-state index in [9.17, 15) is 8.42 Å². The van der Waals surface area contributed by atoms with Gasteiger partial charge in [0.15, 0.2) is 0 Å². The summed E-state index contributed by atoms with van der Waals surface area (Å²) in [6.45, 7) is 10.5. The zero-order valence-electron chi connectivity index (χ0n) is 16.5. The molecule has 0 amide bonds. The van der Waals surface area contributed by atoms with Crippen LogP contribution in [0.1, 0.15) is 43.0 Å². The Labute approximate surface area is 157 Å². The number of hydrogen-bond donors (Lipinski definition) is 1. The molecule has 142 valence electrons. The van der Waals surface area contributed by atoms with Crippen molar-refractivity contribution in [1.29, 1.82) is 0 Å². The van der Waals surface area contributed by atoms with Gasteiger partial charge in [0.2, 0.25) is 10.0 Å². The lowest BCUT2D eigenvalue weighted by atomic mass is 9.85. The number of ether oxygens (including phenoxy) is 1. The van der Waals surface area contributed by atoms with E-state index in [1.54, 1.807) is 7.11 Å². The molecule has 0 fully saturated rings. The summed E-state index contributed by atoms with van der Waals surface area (Å²) in [5, 5.41) is 0. The average molecular weight is 376 g/mol. The van der Waals surface area contributed by atoms with Crippen LogP contribution >= 0.6 is 0 Å². The monoisotopic (exact) mass is 375 g/mol. The van der Waals surface area contributed by atoms with Crippen molar-refractivity contribution >= 4 is 10.0 Å². The van der Waals surface area contributed by atoms with Gasteiger partial charge in [-0.15, -0.1) is 0 Å². The molecule has 0 aliphatic rings. The second-order valence-electron chi connectivity index (χ2n) is 7.69. The van der Waals surface area contributed by atoms with Gasteiger partial charge in [0.1, 0.15) is 5.75 Å². The van der Waals surface area contributed by atoms with E-state index in [0.29, 0.717) is 17.9 Å². The van der Waals surface area contributed by atoms with Gasteiger partial charge in [-0.05, 0) is 60.1 Å². The highest BCUT2D eigenvalue weighted by atomic mass is 32.2. The van der Waals surface area contributed by atoms with E-state index in [0.717, 1.165) is 28.0 Å². The molecule has 5 heteroatoms. The topological polar surface area (TPSA) is 55.4 Å². The predicted molar refractivity (Wildman–Crippen MR) is 107 cm³/mol. The van der Waals surface area contributed by atoms with Crippen LogP contribution in [0.3, 0.4) is 0 Å². The summed E-state index contributed by atoms with van der Waals surface area (Å²) in [7, 11) is -1.92. The zero-order valence-corrected chi connectivity index (χ0v) is 17.3. The quantitative estimate of drug-likeness (QED) is 0.826. The van der Waals surface area contributed by atoms with E-state index < -0.39 is 10.0 Å². The molecule has 0 spiro atoms. The SMILES string of the molecule is COc1ccc(CCNS(=O)(=O)c2c(C)cc(C(C)(C)C)cc2C)cc1. The fourth-order valence-electron chi connectivity index (χ4n) is 3.00. The third-order valence-corrected chi connectivity index (χ3v) is 6.23. The third kappa shape index (κ3) is 4.86. The van der Waals surface area contributed by atoms with E-state index in [1.165, 1.54) is 0 Å². The maximum atomic E-state index is 12.8. The number of rotatable bonds is 6. The largest absolute Gasteiger partial charge is 0.497 e. The van der Waals surface area contributed by atoms with Crippen molar-refractivity contribution in [3.05, 3.63) is 58.7 Å². The summed E-state index contributed by atoms with van der Waals surface area (Å²) < 4.78 is 33.5. The number of benzene rings is 2. The van der Waals surface area contributed by atoms with Crippen LogP contribution in [-0.2, 0) is 21.9 Å². The summed E-state index contributed by atoms with van der Waals surface area (Å²) >= 11 is 0. The van der Waals surface area contributed by atoms with Crippen molar-refractivity contribution in [3.63, 3.8) is 0 Å². The van der Waals surface area contributed by atoms with Crippen molar-refractivity contribution < 1.29 is 13.2 Å². The van der Waals surface area contributed by atoms with E-state index in [4.69, 9.17) is 4.74 Å². The van der Waals surface area contributed by atoms with Gasteiger partial charge in [0.25, 0.3) is 0 Å². The lowest BCUT2D eigenvalue weighted by molar-refractivity contribution is 0.414. The van der Waals surface area contributed by atoms with E-state index in [1.807, 2.05) is 50.2 Å². The highest BCUT2D eigenvalue weighted by molar-refractivity contribution is 7.89. The molecule has 0 aromatic heterocycles. The fourth-order valence-corrected chi connectivity index (χ4v) is 4.48. The smallest absolute Gasteiger partial charge is 0.241 e. The highest BCUT2D eigenvalue weighted by Gasteiger charge is 2.22. The molecule has 0 aliphatic heterocycles. The van der Waals surface area contributed by atoms with Crippen LogP contribution < -0.4 is 9.46 Å². The van der Waals surface area contributed by atoms with Gasteiger partial charge < -0.3 is 4.74 Å². The average Bonchev–Trinajstić information content (AvgIpc) is 2.53. The van der Waals surface area contributed by atoms with Gasteiger partial charge >= 0.3 is 0 Å². The van der Waals surface area contributed by atoms with Gasteiger partial charge in [-0.25, -0.2) is 13.1 Å². The van der Waals surface area contributed by atoms with Gasteiger partial charge in [-0.2, -0.15) is 0 Å². The Balaban J connectivity index is 2.14. The first-order chi connectivity index (χ1) is 12.0. The van der Waals surface area contributed by atoms with Crippen LogP contribution in [0, 0.1) is 13.8 Å². The van der Waals surface area contributed by atoms with Crippen LogP contribution in [0.4, 0.5) is 0 Å². The van der Waals surface area contributed by atoms with Crippen molar-refractivity contribution in [1.82, 2.24) is 4.72 Å². The first kappa shape index (κ1) is 20.5. The molecule has 2 aromatic rings. The second-order valence-corrected chi connectivity index (χ2v) is 9.39. The molecule has 0 unspecified atom stereocenters. The molecule has 2 rings (SSSR count). The third-order valence-electron chi connectivity index (χ3n) is 4.46. The molecule has 0 radical (unpaired) electrons. The molecular weight excluding hydrogens is 346 g/mol. The van der Waals surface area contributed by atoms with Crippen molar-refractivity contribution in [2.45, 2.75) is 51.3 Å². The molecular formula is C21H29NO3S. The van der Waals surface area contributed by atoms with Crippen LogP contribution in [0.5, 0.6) is 5.75 Å². The molecule has 0 saturated carbocycles. The summed E-state index contributed by atoms with van der Waals surface area (Å²) in [4.78, 5) is 0.389. The van der Waals surface area contributed by atoms with Gasteiger partial charge in [0.05, 0.1) is 12.0 Å². The number of sulfonamides is 1. The lowest BCUT2D eigenvalue weighted by Gasteiger charge is -2.22. The molecule has 0 bridgehead atoms. The Kier molecular flexibility index (Phi) is 6.14. The maximum absolute atomic E-state index is 12.8. The molecule has 0 aliphatic carbocycles. The number of nitrogens with one attached hydrogen (secondary N) is 1. The standard InChI is InChI=1S/C21H29NO3S/c1-15-13-18(21(3,4)5)14-16(2)20(15)26(23,24)22-12-11-17-7-9-19(25-6)10-8-17/h7-10,13-14,22H,11-12H2,1-6H3. The van der Waals surface area contributed by atoms with Crippen LogP contribution in [0.15, 0.2) is 41.3 Å². The second kappa shape index (κ2) is 7.80. The Hall–Kier alpha value is -1.85. The van der Waals surface area contributed by atoms with E-state index in [-0.39, 0.29) is 5.41 Å². The van der Waals surface area contributed by atoms with E-state index in [2.05, 4.69) is 25.5 Å². The minimum Gasteiger partial charge on any atom is -0.497 e. The Bertz CT molecular complexity index is 840. The number of methoxy groups -OCH3 is 1. The Morgan fingerprint density at radius 2 is 1.54 bits per heavy atom. The van der Waals surface area contributed by atoms with Crippen molar-refractivity contribution in [2.75, 3.05) is 13.7 Å². The molecule has 0 heterocycles. The first-order valence-electron chi connectivity index (χ1n) is 8.79. The summed E-state index contributed by atoms with van der Waals surface area (Å²) in [5.74, 6) is 0.791. The first-order valence-corrected chi connectivity index (χ1v) is 10.3. The lowest BCUT2D eigenvalue weighted by Crippen LogP contribution is -2.27. The van der Waals surface area contributed by atoms with Crippen LogP contribution in [0.2, 0.25) is 0 Å². The molecule has 4 nitrogen and oxygen atoms in total. The van der Waals surface area contributed by atoms with Gasteiger partial charge in [0, 0.05) is 6.54 Å². The molecule has 2 aromatic carbocycles. The van der Waals surface area contributed by atoms with Crippen molar-refractivity contribution in [2.24, 2.45) is 0 Å². The van der Waals surface area contributed by atoms with Crippen LogP contribution in [0.25, 0.3) is 0 Å².